The normalized spacial score (nSPS) is 34.5. The summed E-state index contributed by atoms with van der Waals surface area (Å²) >= 11 is 0. The molecule has 24 heavy (non-hydrogen) atoms. The van der Waals surface area contributed by atoms with Gasteiger partial charge in [-0.25, -0.2) is 0 Å². The third-order valence-electron chi connectivity index (χ3n) is 5.48. The Kier molecular flexibility index (Phi) is 8.48. The van der Waals surface area contributed by atoms with E-state index >= 15 is 0 Å². The van der Waals surface area contributed by atoms with Crippen molar-refractivity contribution >= 4 is 10.2 Å². The molecule has 3 nitrogen and oxygen atoms in total. The second kappa shape index (κ2) is 10.1. The van der Waals surface area contributed by atoms with E-state index in [1.807, 2.05) is 0 Å². The Morgan fingerprint density at radius 1 is 1.33 bits per heavy atom. The van der Waals surface area contributed by atoms with Crippen molar-refractivity contribution in [2.75, 3.05) is 26.3 Å². The van der Waals surface area contributed by atoms with Crippen LogP contribution in [0.1, 0.15) is 53.4 Å². The zero-order valence-electron chi connectivity index (χ0n) is 16.1. The Morgan fingerprint density at radius 2 is 2.12 bits per heavy atom. The van der Waals surface area contributed by atoms with Gasteiger partial charge >= 0.3 is 0 Å². The van der Waals surface area contributed by atoms with Gasteiger partial charge in [-0.15, -0.1) is 0 Å². The van der Waals surface area contributed by atoms with E-state index in [1.165, 1.54) is 24.8 Å². The number of allylic oxidation sites excluding steroid dienone is 2. The van der Waals surface area contributed by atoms with E-state index < -0.39 is 0 Å². The highest BCUT2D eigenvalue weighted by Crippen LogP contribution is 2.40. The Morgan fingerprint density at radius 3 is 2.79 bits per heavy atom. The molecule has 1 heterocycles. The van der Waals surface area contributed by atoms with Crippen LogP contribution in [0.4, 0.5) is 0 Å². The van der Waals surface area contributed by atoms with Gasteiger partial charge in [0.1, 0.15) is 6.23 Å². The van der Waals surface area contributed by atoms with Gasteiger partial charge in [0.05, 0.1) is 12.7 Å². The van der Waals surface area contributed by atoms with Crippen LogP contribution in [0.2, 0.25) is 6.04 Å². The second-order valence-electron chi connectivity index (χ2n) is 7.81. The van der Waals surface area contributed by atoms with Crippen LogP contribution in [0.25, 0.3) is 0 Å². The lowest BCUT2D eigenvalue weighted by molar-refractivity contribution is -0.0840. The molecule has 5 atom stereocenters. The molecule has 1 aliphatic heterocycles. The van der Waals surface area contributed by atoms with E-state index in [-0.39, 0.29) is 12.3 Å². The molecule has 0 aromatic heterocycles. The monoisotopic (exact) mass is 350 g/mol. The van der Waals surface area contributed by atoms with Crippen LogP contribution in [-0.2, 0) is 9.47 Å². The first-order valence-corrected chi connectivity index (χ1v) is 10.6. The highest BCUT2D eigenvalue weighted by atomic mass is 28.1. The minimum Gasteiger partial charge on any atom is -0.379 e. The summed E-state index contributed by atoms with van der Waals surface area (Å²) in [5, 5.41) is 0. The number of rotatable bonds is 9. The van der Waals surface area contributed by atoms with Crippen molar-refractivity contribution in [2.45, 2.75) is 71.8 Å². The van der Waals surface area contributed by atoms with Crippen molar-refractivity contribution in [1.29, 1.82) is 0 Å². The van der Waals surface area contributed by atoms with E-state index in [2.05, 4.69) is 48.9 Å². The zero-order chi connectivity index (χ0) is 17.5. The maximum absolute atomic E-state index is 6.52. The lowest BCUT2D eigenvalue weighted by Crippen LogP contribution is -2.43. The SMILES string of the molecule is CCCCOCC1CN(CCC[Si])C(C2[C@H](C)CC(C)=C[C@@H]2C)O1. The van der Waals surface area contributed by atoms with Gasteiger partial charge in [-0.05, 0) is 38.0 Å². The number of nitrogens with zero attached hydrogens (tertiary/aromatic N) is 1. The molecule has 1 aliphatic carbocycles. The van der Waals surface area contributed by atoms with E-state index in [1.54, 1.807) is 0 Å². The summed E-state index contributed by atoms with van der Waals surface area (Å²) in [6.07, 6.45) is 7.65. The minimum absolute atomic E-state index is 0.230. The fraction of sp³-hybridized carbons (Fsp3) is 0.900. The van der Waals surface area contributed by atoms with Crippen LogP contribution in [0, 0.1) is 17.8 Å². The Bertz CT molecular complexity index is 401. The quantitative estimate of drug-likeness (QED) is 0.356. The highest BCUT2D eigenvalue weighted by molar-refractivity contribution is 6.08. The summed E-state index contributed by atoms with van der Waals surface area (Å²) in [6.45, 7) is 13.0. The van der Waals surface area contributed by atoms with Crippen molar-refractivity contribution in [1.82, 2.24) is 4.90 Å². The first-order valence-electron chi connectivity index (χ1n) is 9.86. The van der Waals surface area contributed by atoms with Gasteiger partial charge < -0.3 is 9.47 Å². The molecule has 0 N–H and O–H groups in total. The van der Waals surface area contributed by atoms with Gasteiger partial charge in [0.2, 0.25) is 0 Å². The molecule has 3 unspecified atom stereocenters. The molecule has 2 rings (SSSR count). The van der Waals surface area contributed by atoms with Gasteiger partial charge in [-0.2, -0.15) is 0 Å². The summed E-state index contributed by atoms with van der Waals surface area (Å²) in [7, 11) is 3.63. The molecule has 1 fully saturated rings. The smallest absolute Gasteiger partial charge is 0.114 e. The average Bonchev–Trinajstić information content (AvgIpc) is 2.91. The number of hydrogen-bond donors (Lipinski definition) is 0. The van der Waals surface area contributed by atoms with E-state index in [4.69, 9.17) is 9.47 Å². The van der Waals surface area contributed by atoms with Crippen LogP contribution < -0.4 is 0 Å². The van der Waals surface area contributed by atoms with Crippen LogP contribution in [-0.4, -0.2) is 53.8 Å². The molecule has 0 aromatic carbocycles. The number of hydrogen-bond acceptors (Lipinski definition) is 3. The number of unbranched alkanes of at least 4 members (excludes halogenated alkanes) is 1. The third-order valence-corrected chi connectivity index (χ3v) is 5.84. The third kappa shape index (κ3) is 5.42. The summed E-state index contributed by atoms with van der Waals surface area (Å²) in [5.41, 5.74) is 1.54. The second-order valence-corrected chi connectivity index (χ2v) is 8.31. The first kappa shape index (κ1) is 20.2. The zero-order valence-corrected chi connectivity index (χ0v) is 17.1. The maximum atomic E-state index is 6.52. The van der Waals surface area contributed by atoms with E-state index in [0.717, 1.165) is 38.8 Å². The van der Waals surface area contributed by atoms with Crippen molar-refractivity contribution < 1.29 is 9.47 Å². The first-order chi connectivity index (χ1) is 11.6. The van der Waals surface area contributed by atoms with Crippen molar-refractivity contribution in [3.63, 3.8) is 0 Å². The predicted molar refractivity (Wildman–Crippen MR) is 101 cm³/mol. The lowest BCUT2D eigenvalue weighted by Gasteiger charge is -2.40. The molecule has 0 spiro atoms. The molecule has 0 amide bonds. The molecule has 0 aromatic rings. The molecular formula is C20H36NO2Si. The summed E-state index contributed by atoms with van der Waals surface area (Å²) in [5.74, 6) is 1.86. The van der Waals surface area contributed by atoms with Crippen LogP contribution >= 0.6 is 0 Å². The van der Waals surface area contributed by atoms with Crippen molar-refractivity contribution in [3.05, 3.63) is 11.6 Å². The van der Waals surface area contributed by atoms with Gasteiger partial charge in [-0.3, -0.25) is 4.90 Å². The summed E-state index contributed by atoms with van der Waals surface area (Å²) in [6, 6.07) is 1.05. The molecule has 2 aliphatic rings. The Balaban J connectivity index is 1.99. The topological polar surface area (TPSA) is 21.7 Å². The van der Waals surface area contributed by atoms with Crippen LogP contribution in [0.3, 0.4) is 0 Å². The standard InChI is InChI=1S/C20H36NO2Si/c1-5-6-9-22-14-18-13-21(8-7-10-24)20(23-18)19-16(3)11-15(2)12-17(19)4/h11,16-20H,5-10,12-14H2,1-4H3/t16-,17+,18?,19?,20?/m0/s1. The molecule has 137 valence electrons. The fourth-order valence-corrected chi connectivity index (χ4v) is 4.57. The van der Waals surface area contributed by atoms with E-state index in [9.17, 15) is 0 Å². The Labute approximate surface area is 152 Å². The van der Waals surface area contributed by atoms with Crippen molar-refractivity contribution in [2.24, 2.45) is 17.8 Å². The van der Waals surface area contributed by atoms with Gasteiger partial charge in [0.25, 0.3) is 0 Å². The molecule has 4 heteroatoms. The Hall–Kier alpha value is -0.163. The summed E-state index contributed by atoms with van der Waals surface area (Å²) < 4.78 is 12.4. The van der Waals surface area contributed by atoms with Crippen LogP contribution in [0.15, 0.2) is 11.6 Å². The minimum atomic E-state index is 0.230. The predicted octanol–water partition coefficient (Wildman–Crippen LogP) is 4.05. The average molecular weight is 351 g/mol. The number of ether oxygens (including phenoxy) is 2. The summed E-state index contributed by atoms with van der Waals surface area (Å²) in [4.78, 5) is 2.57. The van der Waals surface area contributed by atoms with E-state index in [0.29, 0.717) is 17.8 Å². The molecule has 0 saturated carbocycles. The molecule has 1 saturated heterocycles. The maximum Gasteiger partial charge on any atom is 0.114 e. The largest absolute Gasteiger partial charge is 0.379 e. The van der Waals surface area contributed by atoms with Gasteiger partial charge in [-0.1, -0.05) is 44.9 Å². The van der Waals surface area contributed by atoms with Gasteiger partial charge in [0.15, 0.2) is 0 Å². The highest BCUT2D eigenvalue weighted by Gasteiger charge is 2.42. The lowest BCUT2D eigenvalue weighted by atomic mass is 9.74. The molecule has 3 radical (unpaired) electrons. The molecular weight excluding hydrogens is 314 g/mol. The van der Waals surface area contributed by atoms with Crippen LogP contribution in [0.5, 0.6) is 0 Å². The fourth-order valence-electron chi connectivity index (χ4n) is 4.41. The van der Waals surface area contributed by atoms with Crippen molar-refractivity contribution in [3.8, 4) is 0 Å². The van der Waals surface area contributed by atoms with Gasteiger partial charge in [0, 0.05) is 35.9 Å². The molecule has 0 bridgehead atoms.